The van der Waals surface area contributed by atoms with E-state index >= 15 is 0 Å². The van der Waals surface area contributed by atoms with Gasteiger partial charge >= 0.3 is 5.97 Å². The maximum atomic E-state index is 12.7. The van der Waals surface area contributed by atoms with Crippen LogP contribution in [0.4, 0.5) is 0 Å². The molecule has 3 rings (SSSR count). The van der Waals surface area contributed by atoms with Gasteiger partial charge < -0.3 is 19.8 Å². The first-order valence-corrected chi connectivity index (χ1v) is 7.88. The molecule has 0 aliphatic carbocycles. The maximum Gasteiger partial charge on any atom is 0.329 e. The zero-order valence-corrected chi connectivity index (χ0v) is 14.2. The molecule has 4 atom stereocenters. The van der Waals surface area contributed by atoms with Crippen LogP contribution in [0.15, 0.2) is 46.9 Å². The van der Waals surface area contributed by atoms with Crippen LogP contribution in [0.3, 0.4) is 0 Å². The molecule has 4 unspecified atom stereocenters. The molecule has 0 saturated carbocycles. The van der Waals surface area contributed by atoms with E-state index in [1.165, 1.54) is 43.7 Å². The van der Waals surface area contributed by atoms with E-state index < -0.39 is 35.3 Å². The zero-order chi connectivity index (χ0) is 19.1. The molecule has 134 valence electrons. The number of furan rings is 1. The molecule has 1 aromatic heterocycles. The molecule has 2 aliphatic rings. The molecule has 1 amide bonds. The summed E-state index contributed by atoms with van der Waals surface area (Å²) in [6.07, 6.45) is 7.32. The van der Waals surface area contributed by atoms with Gasteiger partial charge in [-0.1, -0.05) is 12.2 Å². The Morgan fingerprint density at radius 3 is 2.65 bits per heavy atom. The lowest BCUT2D eigenvalue weighted by Crippen LogP contribution is -2.45. The predicted octanol–water partition coefficient (Wildman–Crippen LogP) is 0.627. The average Bonchev–Trinajstić information content (AvgIpc) is 3.24. The molecule has 2 aliphatic heterocycles. The first-order chi connectivity index (χ1) is 12.4. The van der Waals surface area contributed by atoms with Crippen LogP contribution >= 0.6 is 0 Å². The van der Waals surface area contributed by atoms with Gasteiger partial charge in [-0.25, -0.2) is 0 Å². The van der Waals surface area contributed by atoms with Gasteiger partial charge in [0.1, 0.15) is 6.04 Å². The number of carbonyl (C=O) groups excluding carboxylic acids is 3. The molecule has 1 aromatic rings. The van der Waals surface area contributed by atoms with Gasteiger partial charge in [0.05, 0.1) is 31.7 Å². The summed E-state index contributed by atoms with van der Waals surface area (Å²) in [7, 11) is 1.18. The summed E-state index contributed by atoms with van der Waals surface area (Å²) >= 11 is 0. The minimum Gasteiger partial charge on any atom is -0.472 e. The van der Waals surface area contributed by atoms with Crippen molar-refractivity contribution in [2.24, 2.45) is 11.1 Å². The zero-order valence-electron chi connectivity index (χ0n) is 14.2. The van der Waals surface area contributed by atoms with Crippen LogP contribution < -0.4 is 5.73 Å². The topological polar surface area (TPSA) is 127 Å². The van der Waals surface area contributed by atoms with Crippen molar-refractivity contribution in [2.45, 2.75) is 24.9 Å². The Balaban J connectivity index is 2.28. The summed E-state index contributed by atoms with van der Waals surface area (Å²) in [6, 6.07) is 1.79. The summed E-state index contributed by atoms with van der Waals surface area (Å²) in [5, 5.41) is 10.0. The SMILES string of the molecule is COC(=O)C1(C#N)C(c2ccoc2)C(C(N)=O)N2C=C(C(C)=O)C=CC21. The van der Waals surface area contributed by atoms with Crippen LogP contribution in [0.2, 0.25) is 0 Å². The van der Waals surface area contributed by atoms with Gasteiger partial charge in [0, 0.05) is 17.7 Å². The van der Waals surface area contributed by atoms with Gasteiger partial charge in [0.2, 0.25) is 5.91 Å². The number of hydrogen-bond acceptors (Lipinski definition) is 7. The number of ether oxygens (including phenoxy) is 1. The Labute approximate surface area is 149 Å². The summed E-state index contributed by atoms with van der Waals surface area (Å²) in [5.74, 6) is -2.64. The van der Waals surface area contributed by atoms with Crippen molar-refractivity contribution in [1.82, 2.24) is 4.90 Å². The van der Waals surface area contributed by atoms with Crippen molar-refractivity contribution in [2.75, 3.05) is 7.11 Å². The lowest BCUT2D eigenvalue weighted by atomic mass is 9.69. The average molecular weight is 355 g/mol. The number of primary amides is 1. The van der Waals surface area contributed by atoms with Crippen molar-refractivity contribution >= 4 is 17.7 Å². The molecular formula is C18H17N3O5. The van der Waals surface area contributed by atoms with E-state index in [9.17, 15) is 19.6 Å². The van der Waals surface area contributed by atoms with Crippen molar-refractivity contribution in [3.8, 4) is 6.07 Å². The number of nitriles is 1. The predicted molar refractivity (Wildman–Crippen MR) is 88.0 cm³/mol. The highest BCUT2D eigenvalue weighted by molar-refractivity contribution is 5.97. The summed E-state index contributed by atoms with van der Waals surface area (Å²) in [5.41, 5.74) is 4.72. The first-order valence-electron chi connectivity index (χ1n) is 7.88. The van der Waals surface area contributed by atoms with Gasteiger partial charge in [-0.15, -0.1) is 0 Å². The minimum absolute atomic E-state index is 0.213. The standard InChI is InChI=1S/C18H17N3O5/c1-10(22)11-3-4-13-18(9-19,17(24)25-2)14(12-5-6-26-8-12)15(16(20)23)21(13)7-11/h3-8,13-15H,1-2H3,(H2,20,23). The summed E-state index contributed by atoms with van der Waals surface area (Å²) in [4.78, 5) is 38.3. The van der Waals surface area contributed by atoms with Crippen LogP contribution in [0.1, 0.15) is 18.4 Å². The molecule has 8 nitrogen and oxygen atoms in total. The Morgan fingerprint density at radius 1 is 1.42 bits per heavy atom. The maximum absolute atomic E-state index is 12.7. The Kier molecular flexibility index (Phi) is 4.16. The number of allylic oxidation sites excluding steroid dienone is 2. The normalized spacial score (nSPS) is 29.5. The molecule has 26 heavy (non-hydrogen) atoms. The third-order valence-corrected chi connectivity index (χ3v) is 4.97. The number of esters is 1. The highest BCUT2D eigenvalue weighted by Gasteiger charge is 2.66. The molecule has 2 N–H and O–H groups in total. The van der Waals surface area contributed by atoms with Gasteiger partial charge in [-0.05, 0) is 18.6 Å². The van der Waals surface area contributed by atoms with Crippen LogP contribution in [0, 0.1) is 16.7 Å². The highest BCUT2D eigenvalue weighted by atomic mass is 16.5. The smallest absolute Gasteiger partial charge is 0.329 e. The van der Waals surface area contributed by atoms with Crippen molar-refractivity contribution in [3.63, 3.8) is 0 Å². The quantitative estimate of drug-likeness (QED) is 0.785. The van der Waals surface area contributed by atoms with Crippen LogP contribution in [0.25, 0.3) is 0 Å². The number of ketones is 1. The second-order valence-corrected chi connectivity index (χ2v) is 6.25. The minimum atomic E-state index is -1.73. The number of fused-ring (bicyclic) bond motifs is 1. The van der Waals surface area contributed by atoms with Gasteiger partial charge in [0.15, 0.2) is 11.2 Å². The van der Waals surface area contributed by atoms with Crippen molar-refractivity contribution in [1.29, 1.82) is 5.26 Å². The molecule has 1 fully saturated rings. The van der Waals surface area contributed by atoms with E-state index in [1.807, 2.05) is 0 Å². The third kappa shape index (κ3) is 2.24. The lowest BCUT2D eigenvalue weighted by Gasteiger charge is -2.32. The van der Waals surface area contributed by atoms with Crippen molar-refractivity contribution < 1.29 is 23.5 Å². The molecule has 0 radical (unpaired) electrons. The van der Waals surface area contributed by atoms with E-state index in [4.69, 9.17) is 14.9 Å². The molecule has 1 saturated heterocycles. The number of methoxy groups -OCH3 is 1. The van der Waals surface area contributed by atoms with E-state index in [2.05, 4.69) is 6.07 Å². The second-order valence-electron chi connectivity index (χ2n) is 6.25. The molecule has 0 bridgehead atoms. The van der Waals surface area contributed by atoms with E-state index in [1.54, 1.807) is 12.1 Å². The Bertz CT molecular complexity index is 864. The molecule has 3 heterocycles. The molecule has 0 spiro atoms. The van der Waals surface area contributed by atoms with Gasteiger partial charge in [-0.2, -0.15) is 5.26 Å². The van der Waals surface area contributed by atoms with Gasteiger partial charge in [-0.3, -0.25) is 14.4 Å². The Hall–Kier alpha value is -3.34. The fraction of sp³-hybridized carbons (Fsp3) is 0.333. The number of nitrogens with two attached hydrogens (primary N) is 1. The fourth-order valence-electron chi connectivity index (χ4n) is 3.84. The second kappa shape index (κ2) is 6.19. The highest BCUT2D eigenvalue weighted by Crippen LogP contribution is 2.53. The summed E-state index contributed by atoms with van der Waals surface area (Å²) < 4.78 is 10.0. The number of carbonyl (C=O) groups is 3. The van der Waals surface area contributed by atoms with Crippen molar-refractivity contribution in [3.05, 3.63) is 48.1 Å². The van der Waals surface area contributed by atoms with Crippen LogP contribution in [-0.4, -0.2) is 41.8 Å². The largest absolute Gasteiger partial charge is 0.472 e. The number of Topliss-reactive ketones (excluding diaryl/α,β-unsaturated/α-hetero) is 1. The van der Waals surface area contributed by atoms with E-state index in [0.717, 1.165) is 0 Å². The van der Waals surface area contributed by atoms with E-state index in [0.29, 0.717) is 11.1 Å². The first kappa shape index (κ1) is 17.5. The van der Waals surface area contributed by atoms with Crippen LogP contribution in [0.5, 0.6) is 0 Å². The lowest BCUT2D eigenvalue weighted by molar-refractivity contribution is -0.150. The molecule has 0 aromatic carbocycles. The third-order valence-electron chi connectivity index (χ3n) is 4.97. The Morgan fingerprint density at radius 2 is 2.15 bits per heavy atom. The summed E-state index contributed by atoms with van der Waals surface area (Å²) in [6.45, 7) is 1.39. The van der Waals surface area contributed by atoms with Crippen LogP contribution in [-0.2, 0) is 19.1 Å². The molecular weight excluding hydrogens is 338 g/mol. The number of rotatable bonds is 4. The number of nitrogens with zero attached hydrogens (tertiary/aromatic N) is 2. The monoisotopic (exact) mass is 355 g/mol. The molecule has 8 heteroatoms. The number of amides is 1. The van der Waals surface area contributed by atoms with Gasteiger partial charge in [0.25, 0.3) is 0 Å². The fourth-order valence-corrected chi connectivity index (χ4v) is 3.84. The number of hydrogen-bond donors (Lipinski definition) is 1. The van der Waals surface area contributed by atoms with E-state index in [-0.39, 0.29) is 5.78 Å².